The molecule has 0 aliphatic rings. The minimum Gasteiger partial charge on any atom is -0.502 e. The van der Waals surface area contributed by atoms with Crippen LogP contribution >= 0.6 is 12.4 Å². The second kappa shape index (κ2) is 6.37. The lowest BCUT2D eigenvalue weighted by atomic mass is 9.98. The van der Waals surface area contributed by atoms with Gasteiger partial charge in [0.1, 0.15) is 0 Å². The van der Waals surface area contributed by atoms with E-state index in [0.29, 0.717) is 17.5 Å². The quantitative estimate of drug-likeness (QED) is 0.501. The van der Waals surface area contributed by atoms with Crippen LogP contribution in [0.4, 0.5) is 5.69 Å². The van der Waals surface area contributed by atoms with Crippen molar-refractivity contribution in [3.8, 4) is 5.75 Å². The Morgan fingerprint density at radius 1 is 1.61 bits per heavy atom. The van der Waals surface area contributed by atoms with Gasteiger partial charge in [-0.25, -0.2) is 0 Å². The number of benzene rings is 1. The van der Waals surface area contributed by atoms with E-state index in [-0.39, 0.29) is 23.8 Å². The molecule has 3 N–H and O–H groups in total. The van der Waals surface area contributed by atoms with Crippen LogP contribution in [0, 0.1) is 17.0 Å². The highest BCUT2D eigenvalue weighted by molar-refractivity contribution is 5.85. The van der Waals surface area contributed by atoms with Crippen molar-refractivity contribution < 1.29 is 10.0 Å². The van der Waals surface area contributed by atoms with Gasteiger partial charge in [0.25, 0.3) is 0 Å². The molecule has 0 unspecified atom stereocenters. The number of halogens is 1. The summed E-state index contributed by atoms with van der Waals surface area (Å²) in [5.74, 6) is -0.344. The summed E-state index contributed by atoms with van der Waals surface area (Å²) in [5, 5.41) is 20.7. The predicted molar refractivity (Wildman–Crippen MR) is 73.1 cm³/mol. The molecule has 0 fully saturated rings. The molecule has 0 aromatic heterocycles. The van der Waals surface area contributed by atoms with Crippen LogP contribution in [0.3, 0.4) is 0 Å². The van der Waals surface area contributed by atoms with Crippen molar-refractivity contribution in [2.75, 3.05) is 0 Å². The minimum atomic E-state index is -0.596. The van der Waals surface area contributed by atoms with Gasteiger partial charge in [0.2, 0.25) is 0 Å². The van der Waals surface area contributed by atoms with Gasteiger partial charge in [-0.2, -0.15) is 0 Å². The average molecular weight is 273 g/mol. The van der Waals surface area contributed by atoms with Crippen molar-refractivity contribution in [3.63, 3.8) is 0 Å². The first-order chi connectivity index (χ1) is 7.84. The second-order valence-corrected chi connectivity index (χ2v) is 4.19. The maximum atomic E-state index is 10.8. The Morgan fingerprint density at radius 2 is 2.17 bits per heavy atom. The Hall–Kier alpha value is -1.59. The van der Waals surface area contributed by atoms with Gasteiger partial charge in [-0.3, -0.25) is 10.1 Å². The van der Waals surface area contributed by atoms with Crippen molar-refractivity contribution >= 4 is 18.1 Å². The number of nitro groups is 1. The molecule has 5 nitrogen and oxygen atoms in total. The van der Waals surface area contributed by atoms with Crippen LogP contribution in [0.5, 0.6) is 5.75 Å². The fraction of sp³-hybridized carbons (Fsp3) is 0.333. The molecule has 0 radical (unpaired) electrons. The largest absolute Gasteiger partial charge is 0.502 e. The SMILES string of the molecule is C=C(C)C[C@H](N)c1ccc(C)c([N+](=O)[O-])c1O.Cl. The zero-order valence-corrected chi connectivity index (χ0v) is 11.2. The van der Waals surface area contributed by atoms with Crippen LogP contribution in [0.2, 0.25) is 0 Å². The molecule has 1 aromatic carbocycles. The zero-order chi connectivity index (χ0) is 13.2. The van der Waals surface area contributed by atoms with Crippen LogP contribution in [0.25, 0.3) is 0 Å². The molecule has 0 aliphatic carbocycles. The summed E-state index contributed by atoms with van der Waals surface area (Å²) in [5.41, 5.74) is 7.25. The Morgan fingerprint density at radius 3 is 2.61 bits per heavy atom. The molecule has 1 rings (SSSR count). The molecule has 0 bridgehead atoms. The summed E-state index contributed by atoms with van der Waals surface area (Å²) in [6.07, 6.45) is 0.480. The van der Waals surface area contributed by atoms with Gasteiger partial charge in [-0.05, 0) is 20.3 Å². The summed E-state index contributed by atoms with van der Waals surface area (Å²) in [4.78, 5) is 10.2. The molecular formula is C12H17ClN2O3. The molecular weight excluding hydrogens is 256 g/mol. The van der Waals surface area contributed by atoms with Crippen LogP contribution in [0.1, 0.15) is 30.5 Å². The van der Waals surface area contributed by atoms with E-state index in [2.05, 4.69) is 6.58 Å². The highest BCUT2D eigenvalue weighted by atomic mass is 35.5. The Bertz CT molecular complexity index is 475. The third-order valence-electron chi connectivity index (χ3n) is 2.53. The Labute approximate surface area is 112 Å². The smallest absolute Gasteiger partial charge is 0.313 e. The first-order valence-electron chi connectivity index (χ1n) is 5.21. The Balaban J connectivity index is 0.00000289. The first kappa shape index (κ1) is 16.4. The highest BCUT2D eigenvalue weighted by Gasteiger charge is 2.23. The number of aromatic hydroxyl groups is 1. The molecule has 0 amide bonds. The lowest BCUT2D eigenvalue weighted by Gasteiger charge is -2.14. The predicted octanol–water partition coefficient (Wildman–Crippen LogP) is 3.00. The molecule has 6 heteroatoms. The average Bonchev–Trinajstić information content (AvgIpc) is 2.15. The minimum absolute atomic E-state index is 0. The molecule has 18 heavy (non-hydrogen) atoms. The number of nitrogens with two attached hydrogens (primary N) is 1. The van der Waals surface area contributed by atoms with Crippen molar-refractivity contribution in [3.05, 3.63) is 45.5 Å². The Kier molecular flexibility index (Phi) is 5.81. The van der Waals surface area contributed by atoms with Gasteiger partial charge < -0.3 is 10.8 Å². The van der Waals surface area contributed by atoms with Gasteiger partial charge in [0.15, 0.2) is 5.75 Å². The maximum absolute atomic E-state index is 10.8. The van der Waals surface area contributed by atoms with Crippen molar-refractivity contribution in [1.29, 1.82) is 0 Å². The molecule has 0 saturated heterocycles. The van der Waals surface area contributed by atoms with E-state index >= 15 is 0 Å². The summed E-state index contributed by atoms with van der Waals surface area (Å²) < 4.78 is 0. The van der Waals surface area contributed by atoms with Gasteiger partial charge >= 0.3 is 5.69 Å². The first-order valence-corrected chi connectivity index (χ1v) is 5.21. The lowest BCUT2D eigenvalue weighted by Crippen LogP contribution is -2.11. The summed E-state index contributed by atoms with van der Waals surface area (Å²) >= 11 is 0. The van der Waals surface area contributed by atoms with Crippen LogP contribution < -0.4 is 5.73 Å². The number of aryl methyl sites for hydroxylation is 1. The summed E-state index contributed by atoms with van der Waals surface area (Å²) in [6, 6.07) is 2.73. The zero-order valence-electron chi connectivity index (χ0n) is 10.3. The van der Waals surface area contributed by atoms with E-state index in [0.717, 1.165) is 5.57 Å². The van der Waals surface area contributed by atoms with Crippen molar-refractivity contribution in [2.24, 2.45) is 5.73 Å². The molecule has 1 aromatic rings. The number of hydrogen-bond acceptors (Lipinski definition) is 4. The van der Waals surface area contributed by atoms with E-state index in [9.17, 15) is 15.2 Å². The number of nitro benzene ring substituents is 1. The number of phenols is 1. The molecule has 0 heterocycles. The fourth-order valence-electron chi connectivity index (χ4n) is 1.71. The number of nitrogens with zero attached hydrogens (tertiary/aromatic N) is 1. The third kappa shape index (κ3) is 3.45. The van der Waals surface area contributed by atoms with Crippen molar-refractivity contribution in [2.45, 2.75) is 26.3 Å². The van der Waals surface area contributed by atoms with E-state index in [1.165, 1.54) is 0 Å². The van der Waals surface area contributed by atoms with Gasteiger partial charge in [-0.1, -0.05) is 17.7 Å². The number of phenolic OH excluding ortho intramolecular Hbond substituents is 1. The third-order valence-corrected chi connectivity index (χ3v) is 2.53. The van der Waals surface area contributed by atoms with E-state index in [1.807, 2.05) is 6.92 Å². The van der Waals surface area contributed by atoms with E-state index in [4.69, 9.17) is 5.73 Å². The van der Waals surface area contributed by atoms with Crippen LogP contribution in [-0.4, -0.2) is 10.0 Å². The van der Waals surface area contributed by atoms with Crippen LogP contribution in [0.15, 0.2) is 24.3 Å². The summed E-state index contributed by atoms with van der Waals surface area (Å²) in [7, 11) is 0. The summed E-state index contributed by atoms with van der Waals surface area (Å²) in [6.45, 7) is 7.12. The van der Waals surface area contributed by atoms with Gasteiger partial charge in [-0.15, -0.1) is 19.0 Å². The maximum Gasteiger partial charge on any atom is 0.313 e. The monoisotopic (exact) mass is 272 g/mol. The fourth-order valence-corrected chi connectivity index (χ4v) is 1.71. The van der Waals surface area contributed by atoms with Gasteiger partial charge in [0, 0.05) is 17.2 Å². The van der Waals surface area contributed by atoms with Crippen molar-refractivity contribution in [1.82, 2.24) is 0 Å². The standard InChI is InChI=1S/C12H16N2O3.ClH/c1-7(2)6-10(13)9-5-4-8(3)11(12(9)15)14(16)17;/h4-5,10,15H,1,6,13H2,2-3H3;1H/t10-;/m0./s1. The topological polar surface area (TPSA) is 89.4 Å². The molecule has 1 atom stereocenters. The van der Waals surface area contributed by atoms with Crippen LogP contribution in [-0.2, 0) is 0 Å². The molecule has 0 aliphatic heterocycles. The van der Waals surface area contributed by atoms with E-state index < -0.39 is 11.0 Å². The molecule has 0 saturated carbocycles. The van der Waals surface area contributed by atoms with Gasteiger partial charge in [0.05, 0.1) is 4.92 Å². The second-order valence-electron chi connectivity index (χ2n) is 4.19. The molecule has 100 valence electrons. The lowest BCUT2D eigenvalue weighted by molar-refractivity contribution is -0.386. The number of rotatable bonds is 4. The van der Waals surface area contributed by atoms with E-state index in [1.54, 1.807) is 19.1 Å². The normalized spacial score (nSPS) is 11.5. The number of hydrogen-bond donors (Lipinski definition) is 2. The highest BCUT2D eigenvalue weighted by Crippen LogP contribution is 2.36. The molecule has 0 spiro atoms.